The van der Waals surface area contributed by atoms with E-state index in [0.29, 0.717) is 0 Å². The SMILES string of the molecule is Cn1c(-c2ccccc2)[n+](C)c2ccccc21. The zero-order chi connectivity index (χ0) is 11.8. The Morgan fingerprint density at radius 1 is 0.882 bits per heavy atom. The lowest BCUT2D eigenvalue weighted by atomic mass is 10.2. The lowest BCUT2D eigenvalue weighted by molar-refractivity contribution is -0.634. The van der Waals surface area contributed by atoms with E-state index in [1.54, 1.807) is 0 Å². The van der Waals surface area contributed by atoms with Crippen molar-refractivity contribution in [3.05, 3.63) is 54.6 Å². The first-order chi connectivity index (χ1) is 8.29. The van der Waals surface area contributed by atoms with Gasteiger partial charge in [-0.25, -0.2) is 9.13 Å². The van der Waals surface area contributed by atoms with Crippen molar-refractivity contribution in [3.8, 4) is 11.4 Å². The second-order valence-electron chi connectivity index (χ2n) is 4.30. The van der Waals surface area contributed by atoms with Crippen molar-refractivity contribution in [2.24, 2.45) is 14.1 Å². The summed E-state index contributed by atoms with van der Waals surface area (Å²) >= 11 is 0. The van der Waals surface area contributed by atoms with Crippen LogP contribution in [0.15, 0.2) is 54.6 Å². The number of fused-ring (bicyclic) bond motifs is 1. The molecule has 0 saturated carbocycles. The number of imidazole rings is 1. The van der Waals surface area contributed by atoms with Crippen LogP contribution in [-0.2, 0) is 14.1 Å². The third-order valence-electron chi connectivity index (χ3n) is 3.27. The maximum absolute atomic E-state index is 2.24. The number of aryl methyl sites for hydroxylation is 2. The summed E-state index contributed by atoms with van der Waals surface area (Å²) in [4.78, 5) is 0. The molecule has 1 heterocycles. The molecule has 0 amide bonds. The summed E-state index contributed by atoms with van der Waals surface area (Å²) in [6, 6.07) is 19.0. The Morgan fingerprint density at radius 3 is 2.24 bits per heavy atom. The lowest BCUT2D eigenvalue weighted by Gasteiger charge is -1.97. The summed E-state index contributed by atoms with van der Waals surface area (Å²) in [6.45, 7) is 0. The Morgan fingerprint density at radius 2 is 1.53 bits per heavy atom. The number of hydrogen-bond acceptors (Lipinski definition) is 0. The van der Waals surface area contributed by atoms with Gasteiger partial charge in [-0.15, -0.1) is 0 Å². The third kappa shape index (κ3) is 1.45. The monoisotopic (exact) mass is 223 g/mol. The maximum Gasteiger partial charge on any atom is 0.289 e. The van der Waals surface area contributed by atoms with Gasteiger partial charge in [-0.3, -0.25) is 0 Å². The highest BCUT2D eigenvalue weighted by Crippen LogP contribution is 2.20. The molecule has 3 rings (SSSR count). The van der Waals surface area contributed by atoms with Crippen molar-refractivity contribution in [1.82, 2.24) is 4.57 Å². The largest absolute Gasteiger partial charge is 0.289 e. The standard InChI is InChI=1S/C15H15N2/c1-16-13-10-6-7-11-14(13)17(2)15(16)12-8-4-3-5-9-12/h3-11H,1-2H3/q+1. The Labute approximate surface area is 101 Å². The quantitative estimate of drug-likeness (QED) is 0.561. The fourth-order valence-corrected chi connectivity index (χ4v) is 2.46. The summed E-state index contributed by atoms with van der Waals surface area (Å²) in [7, 11) is 4.23. The van der Waals surface area contributed by atoms with E-state index in [4.69, 9.17) is 0 Å². The Balaban J connectivity index is 2.38. The van der Waals surface area contributed by atoms with Crippen LogP contribution in [0.1, 0.15) is 0 Å². The molecule has 2 aromatic carbocycles. The van der Waals surface area contributed by atoms with Gasteiger partial charge < -0.3 is 0 Å². The highest BCUT2D eigenvalue weighted by atomic mass is 15.1. The predicted octanol–water partition coefficient (Wildman–Crippen LogP) is 2.67. The zero-order valence-corrected chi connectivity index (χ0v) is 10.1. The van der Waals surface area contributed by atoms with Crippen LogP contribution in [0.25, 0.3) is 22.4 Å². The fourth-order valence-electron chi connectivity index (χ4n) is 2.46. The van der Waals surface area contributed by atoms with Crippen LogP contribution in [0.5, 0.6) is 0 Å². The Hall–Kier alpha value is -2.09. The molecule has 2 nitrogen and oxygen atoms in total. The van der Waals surface area contributed by atoms with Crippen molar-refractivity contribution in [2.45, 2.75) is 0 Å². The molecular formula is C15H15N2+. The summed E-state index contributed by atoms with van der Waals surface area (Å²) < 4.78 is 4.48. The van der Waals surface area contributed by atoms with E-state index in [2.05, 4.69) is 71.8 Å². The van der Waals surface area contributed by atoms with Gasteiger partial charge in [-0.2, -0.15) is 0 Å². The number of aromatic nitrogens is 2. The third-order valence-corrected chi connectivity index (χ3v) is 3.27. The maximum atomic E-state index is 2.24. The van der Waals surface area contributed by atoms with Gasteiger partial charge in [0.15, 0.2) is 11.0 Å². The highest BCUT2D eigenvalue weighted by Gasteiger charge is 2.20. The molecule has 84 valence electrons. The molecule has 3 aromatic rings. The van der Waals surface area contributed by atoms with Crippen molar-refractivity contribution in [1.29, 1.82) is 0 Å². The molecule has 0 radical (unpaired) electrons. The van der Waals surface area contributed by atoms with Gasteiger partial charge in [-0.1, -0.05) is 30.3 Å². The summed E-state index contributed by atoms with van der Waals surface area (Å²) in [5, 5.41) is 0. The number of hydrogen-bond donors (Lipinski definition) is 0. The molecule has 0 aliphatic heterocycles. The number of rotatable bonds is 1. The summed E-state index contributed by atoms with van der Waals surface area (Å²) in [5.74, 6) is 1.23. The van der Waals surface area contributed by atoms with Gasteiger partial charge in [0.05, 0.1) is 19.7 Å². The molecule has 0 saturated heterocycles. The molecule has 0 N–H and O–H groups in total. The predicted molar refractivity (Wildman–Crippen MR) is 69.5 cm³/mol. The number of nitrogens with zero attached hydrogens (tertiary/aromatic N) is 2. The molecule has 0 fully saturated rings. The summed E-state index contributed by atoms with van der Waals surface area (Å²) in [6.07, 6.45) is 0. The first-order valence-electron chi connectivity index (χ1n) is 5.78. The van der Waals surface area contributed by atoms with Gasteiger partial charge in [0.25, 0.3) is 5.82 Å². The topological polar surface area (TPSA) is 8.81 Å². The molecule has 2 heteroatoms. The minimum Gasteiger partial charge on any atom is -0.226 e. The van der Waals surface area contributed by atoms with Crippen LogP contribution in [0.4, 0.5) is 0 Å². The normalized spacial score (nSPS) is 10.9. The van der Waals surface area contributed by atoms with E-state index >= 15 is 0 Å². The van der Waals surface area contributed by atoms with Crippen LogP contribution in [0, 0.1) is 0 Å². The number of benzene rings is 2. The molecule has 0 bridgehead atoms. The van der Waals surface area contributed by atoms with Crippen molar-refractivity contribution >= 4 is 11.0 Å². The molecule has 0 atom stereocenters. The van der Waals surface area contributed by atoms with Gasteiger partial charge in [-0.05, 0) is 24.3 Å². The van der Waals surface area contributed by atoms with E-state index in [-0.39, 0.29) is 0 Å². The van der Waals surface area contributed by atoms with Crippen molar-refractivity contribution in [3.63, 3.8) is 0 Å². The molecule has 0 aliphatic rings. The first kappa shape index (κ1) is 10.1. The molecule has 1 aromatic heterocycles. The van der Waals surface area contributed by atoms with Gasteiger partial charge in [0.1, 0.15) is 0 Å². The average molecular weight is 223 g/mol. The van der Waals surface area contributed by atoms with E-state index in [0.717, 1.165) is 0 Å². The van der Waals surface area contributed by atoms with Crippen LogP contribution in [0.3, 0.4) is 0 Å². The van der Waals surface area contributed by atoms with Crippen molar-refractivity contribution in [2.75, 3.05) is 0 Å². The van der Waals surface area contributed by atoms with Gasteiger partial charge in [0, 0.05) is 0 Å². The smallest absolute Gasteiger partial charge is 0.226 e. The lowest BCUT2D eigenvalue weighted by Crippen LogP contribution is -2.29. The Kier molecular flexibility index (Phi) is 2.22. The highest BCUT2D eigenvalue weighted by molar-refractivity contribution is 5.75. The van der Waals surface area contributed by atoms with Crippen molar-refractivity contribution < 1.29 is 4.57 Å². The second kappa shape index (κ2) is 3.74. The molecule has 0 aliphatic carbocycles. The molecule has 0 spiro atoms. The average Bonchev–Trinajstić information content (AvgIpc) is 2.64. The minimum atomic E-state index is 1.23. The van der Waals surface area contributed by atoms with E-state index in [9.17, 15) is 0 Å². The molecular weight excluding hydrogens is 208 g/mol. The van der Waals surface area contributed by atoms with Crippen LogP contribution >= 0.6 is 0 Å². The number of para-hydroxylation sites is 2. The van der Waals surface area contributed by atoms with Crippen LogP contribution < -0.4 is 4.57 Å². The minimum absolute atomic E-state index is 1.23. The Bertz CT molecular complexity index is 627. The van der Waals surface area contributed by atoms with Gasteiger partial charge >= 0.3 is 0 Å². The van der Waals surface area contributed by atoms with Gasteiger partial charge in [0.2, 0.25) is 0 Å². The fraction of sp³-hybridized carbons (Fsp3) is 0.133. The van der Waals surface area contributed by atoms with E-state index in [1.165, 1.54) is 22.4 Å². The van der Waals surface area contributed by atoms with Crippen LogP contribution in [-0.4, -0.2) is 4.57 Å². The summed E-state index contributed by atoms with van der Waals surface area (Å²) in [5.41, 5.74) is 3.76. The molecule has 0 unspecified atom stereocenters. The molecule has 17 heavy (non-hydrogen) atoms. The first-order valence-corrected chi connectivity index (χ1v) is 5.78. The van der Waals surface area contributed by atoms with E-state index < -0.39 is 0 Å². The van der Waals surface area contributed by atoms with E-state index in [1.807, 2.05) is 6.07 Å². The zero-order valence-electron chi connectivity index (χ0n) is 10.1. The van der Waals surface area contributed by atoms with Crippen LogP contribution in [0.2, 0.25) is 0 Å². The second-order valence-corrected chi connectivity index (χ2v) is 4.30.